The zero-order valence-electron chi connectivity index (χ0n) is 5.40. The normalized spacial score (nSPS) is 14.0. The first-order valence-electron chi connectivity index (χ1n) is 2.51. The predicted octanol–water partition coefficient (Wildman–Crippen LogP) is 0.812. The summed E-state index contributed by atoms with van der Waals surface area (Å²) in [7, 11) is 1.49. The molecular weight excluding hydrogens is 122 g/mol. The molecule has 1 atom stereocenters. The van der Waals surface area contributed by atoms with Gasteiger partial charge in [0.15, 0.2) is 0 Å². The van der Waals surface area contributed by atoms with E-state index in [0.717, 1.165) is 6.20 Å². The van der Waals surface area contributed by atoms with Gasteiger partial charge in [-0.15, -0.1) is 0 Å². The molecule has 0 fully saturated rings. The monoisotopic (exact) mass is 131 g/mol. The summed E-state index contributed by atoms with van der Waals surface area (Å²) in [4.78, 5) is 9.16. The van der Waals surface area contributed by atoms with Crippen molar-refractivity contribution in [2.24, 2.45) is 0 Å². The first-order valence-corrected chi connectivity index (χ1v) is 2.51. The Bertz CT molecular complexity index is 121. The lowest BCUT2D eigenvalue weighted by molar-refractivity contribution is -0.402. The molecule has 0 N–H and O–H groups in total. The molecule has 0 saturated carbocycles. The molecule has 4 heteroatoms. The van der Waals surface area contributed by atoms with Crippen molar-refractivity contribution in [3.05, 3.63) is 22.4 Å². The number of hydrogen-bond acceptors (Lipinski definition) is 3. The summed E-state index contributed by atoms with van der Waals surface area (Å²) in [6.45, 7) is 1.72. The Kier molecular flexibility index (Phi) is 3.62. The van der Waals surface area contributed by atoms with E-state index >= 15 is 0 Å². The molecular formula is C5H9NO3. The Labute approximate surface area is 53.3 Å². The third-order valence-electron chi connectivity index (χ3n) is 0.851. The molecule has 0 saturated heterocycles. The van der Waals surface area contributed by atoms with Crippen LogP contribution in [0.25, 0.3) is 0 Å². The Balaban J connectivity index is 3.56. The summed E-state index contributed by atoms with van der Waals surface area (Å²) in [5, 5.41) is 9.68. The van der Waals surface area contributed by atoms with Crippen LogP contribution in [0.3, 0.4) is 0 Å². The highest BCUT2D eigenvalue weighted by Gasteiger charge is 1.92. The second-order valence-electron chi connectivity index (χ2n) is 1.57. The molecule has 0 heterocycles. The van der Waals surface area contributed by atoms with Crippen molar-refractivity contribution < 1.29 is 9.66 Å². The minimum Gasteiger partial charge on any atom is -0.377 e. The van der Waals surface area contributed by atoms with E-state index in [1.165, 1.54) is 13.2 Å². The lowest BCUT2D eigenvalue weighted by atomic mass is 10.4. The predicted molar refractivity (Wildman–Crippen MR) is 32.6 cm³/mol. The van der Waals surface area contributed by atoms with Crippen molar-refractivity contribution in [1.29, 1.82) is 0 Å². The molecule has 0 aromatic carbocycles. The van der Waals surface area contributed by atoms with Crippen molar-refractivity contribution in [3.63, 3.8) is 0 Å². The molecule has 0 aromatic rings. The Morgan fingerprint density at radius 3 is 2.67 bits per heavy atom. The minimum atomic E-state index is -0.518. The fraction of sp³-hybridized carbons (Fsp3) is 0.600. The highest BCUT2D eigenvalue weighted by atomic mass is 16.6. The standard InChI is InChI=1S/C5H9NO3/c1-5(9-2)3-4-6(7)8/h3-5H,1-2H3/b4-3+. The van der Waals surface area contributed by atoms with Crippen LogP contribution in [0.15, 0.2) is 12.3 Å². The van der Waals surface area contributed by atoms with Gasteiger partial charge < -0.3 is 4.74 Å². The third-order valence-corrected chi connectivity index (χ3v) is 0.851. The molecule has 0 aliphatic carbocycles. The zero-order chi connectivity index (χ0) is 7.28. The Morgan fingerprint density at radius 1 is 1.78 bits per heavy atom. The number of hydrogen-bond donors (Lipinski definition) is 0. The van der Waals surface area contributed by atoms with E-state index in [1.807, 2.05) is 0 Å². The Hall–Kier alpha value is -0.900. The van der Waals surface area contributed by atoms with Gasteiger partial charge in [0.2, 0.25) is 6.20 Å². The molecule has 0 bridgehead atoms. The number of methoxy groups -OCH3 is 1. The van der Waals surface area contributed by atoms with Crippen LogP contribution in [0.4, 0.5) is 0 Å². The van der Waals surface area contributed by atoms with Crippen LogP contribution >= 0.6 is 0 Å². The zero-order valence-corrected chi connectivity index (χ0v) is 5.40. The highest BCUT2D eigenvalue weighted by molar-refractivity contribution is 4.79. The lowest BCUT2D eigenvalue weighted by Crippen LogP contribution is -2.00. The van der Waals surface area contributed by atoms with Crippen LogP contribution in [0, 0.1) is 10.1 Å². The summed E-state index contributed by atoms with van der Waals surface area (Å²) < 4.78 is 4.71. The number of ether oxygens (including phenoxy) is 1. The van der Waals surface area contributed by atoms with Crippen molar-refractivity contribution in [2.45, 2.75) is 13.0 Å². The maximum absolute atomic E-state index is 9.68. The topological polar surface area (TPSA) is 52.4 Å². The summed E-state index contributed by atoms with van der Waals surface area (Å²) in [5.41, 5.74) is 0. The van der Waals surface area contributed by atoms with Gasteiger partial charge in [0.1, 0.15) is 0 Å². The van der Waals surface area contributed by atoms with Gasteiger partial charge >= 0.3 is 0 Å². The largest absolute Gasteiger partial charge is 0.377 e. The molecule has 0 aliphatic rings. The second kappa shape index (κ2) is 4.03. The van der Waals surface area contributed by atoms with Gasteiger partial charge in [-0.1, -0.05) is 0 Å². The van der Waals surface area contributed by atoms with Gasteiger partial charge in [-0.25, -0.2) is 0 Å². The van der Waals surface area contributed by atoms with Gasteiger partial charge in [0.05, 0.1) is 11.0 Å². The van der Waals surface area contributed by atoms with E-state index in [2.05, 4.69) is 0 Å². The van der Waals surface area contributed by atoms with E-state index < -0.39 is 4.92 Å². The molecule has 1 unspecified atom stereocenters. The van der Waals surface area contributed by atoms with Crippen LogP contribution in [0.2, 0.25) is 0 Å². The second-order valence-corrected chi connectivity index (χ2v) is 1.57. The van der Waals surface area contributed by atoms with Crippen LogP contribution < -0.4 is 0 Å². The van der Waals surface area contributed by atoms with E-state index in [9.17, 15) is 10.1 Å². The maximum atomic E-state index is 9.68. The van der Waals surface area contributed by atoms with E-state index in [4.69, 9.17) is 4.74 Å². The fourth-order valence-corrected chi connectivity index (χ4v) is 0.270. The van der Waals surface area contributed by atoms with Gasteiger partial charge in [-0.2, -0.15) is 0 Å². The molecule has 52 valence electrons. The van der Waals surface area contributed by atoms with E-state index in [-0.39, 0.29) is 6.10 Å². The molecule has 0 radical (unpaired) electrons. The molecule has 0 amide bonds. The van der Waals surface area contributed by atoms with Gasteiger partial charge in [-0.05, 0) is 6.92 Å². The Morgan fingerprint density at radius 2 is 2.33 bits per heavy atom. The maximum Gasteiger partial charge on any atom is 0.233 e. The summed E-state index contributed by atoms with van der Waals surface area (Å²) in [5.74, 6) is 0. The van der Waals surface area contributed by atoms with Crippen LogP contribution in [-0.2, 0) is 4.74 Å². The molecule has 0 rings (SSSR count). The van der Waals surface area contributed by atoms with Crippen molar-refractivity contribution >= 4 is 0 Å². The fourth-order valence-electron chi connectivity index (χ4n) is 0.270. The third kappa shape index (κ3) is 4.96. The summed E-state index contributed by atoms with van der Waals surface area (Å²) in [6.07, 6.45) is 2.06. The van der Waals surface area contributed by atoms with E-state index in [1.54, 1.807) is 6.92 Å². The molecule has 0 aliphatic heterocycles. The van der Waals surface area contributed by atoms with Gasteiger partial charge in [0.25, 0.3) is 0 Å². The molecule has 4 nitrogen and oxygen atoms in total. The molecule has 9 heavy (non-hydrogen) atoms. The summed E-state index contributed by atoms with van der Waals surface area (Å²) >= 11 is 0. The van der Waals surface area contributed by atoms with Gasteiger partial charge in [0, 0.05) is 13.2 Å². The quantitative estimate of drug-likeness (QED) is 0.420. The average Bonchev–Trinajstić information content (AvgIpc) is 1.83. The lowest BCUT2D eigenvalue weighted by Gasteiger charge is -1.97. The van der Waals surface area contributed by atoms with Crippen molar-refractivity contribution in [1.82, 2.24) is 0 Å². The smallest absolute Gasteiger partial charge is 0.233 e. The average molecular weight is 131 g/mol. The molecule has 0 aromatic heterocycles. The minimum absolute atomic E-state index is 0.185. The van der Waals surface area contributed by atoms with Crippen LogP contribution in [-0.4, -0.2) is 18.1 Å². The van der Waals surface area contributed by atoms with Crippen molar-refractivity contribution in [3.8, 4) is 0 Å². The summed E-state index contributed by atoms with van der Waals surface area (Å²) in [6, 6.07) is 0. The molecule has 0 spiro atoms. The van der Waals surface area contributed by atoms with Crippen LogP contribution in [0.1, 0.15) is 6.92 Å². The van der Waals surface area contributed by atoms with Crippen molar-refractivity contribution in [2.75, 3.05) is 7.11 Å². The first-order chi connectivity index (χ1) is 4.16. The number of rotatable bonds is 3. The number of nitrogens with zero attached hydrogens (tertiary/aromatic N) is 1. The van der Waals surface area contributed by atoms with Crippen LogP contribution in [0.5, 0.6) is 0 Å². The van der Waals surface area contributed by atoms with E-state index in [0.29, 0.717) is 0 Å². The number of nitro groups is 1. The highest BCUT2D eigenvalue weighted by Crippen LogP contribution is 1.88. The first kappa shape index (κ1) is 8.10. The van der Waals surface area contributed by atoms with Gasteiger partial charge in [-0.3, -0.25) is 10.1 Å². The SMILES string of the molecule is COC(C)/C=C/[N+](=O)[O-].